The van der Waals surface area contributed by atoms with E-state index in [1.807, 2.05) is 0 Å². The average Bonchev–Trinajstić information content (AvgIpc) is 2.82. The van der Waals surface area contributed by atoms with Gasteiger partial charge in [-0.25, -0.2) is 0 Å². The van der Waals surface area contributed by atoms with Gasteiger partial charge in [0.2, 0.25) is 0 Å². The van der Waals surface area contributed by atoms with Gasteiger partial charge < -0.3 is 0 Å². The lowest BCUT2D eigenvalue weighted by Gasteiger charge is -2.08. The Hall–Kier alpha value is -1.59. The zero-order valence-electron chi connectivity index (χ0n) is 10.5. The molecule has 0 saturated heterocycles. The van der Waals surface area contributed by atoms with Crippen molar-refractivity contribution in [2.24, 2.45) is 0 Å². The highest BCUT2D eigenvalue weighted by Gasteiger charge is 2.09. The predicted octanol–water partition coefficient (Wildman–Crippen LogP) is 3.55. The van der Waals surface area contributed by atoms with E-state index in [2.05, 4.69) is 47.1 Å². The Morgan fingerprint density at radius 2 is 2.05 bits per heavy atom. The molecule has 0 atom stereocenters. The highest BCUT2D eigenvalue weighted by atomic mass is 35.5. The minimum Gasteiger partial charge on any atom is -0.199 e. The minimum atomic E-state index is 0.424. The van der Waals surface area contributed by atoms with Crippen molar-refractivity contribution in [1.29, 1.82) is 0 Å². The van der Waals surface area contributed by atoms with E-state index in [0.29, 0.717) is 10.9 Å². The zero-order valence-corrected chi connectivity index (χ0v) is 12.0. The number of benzene rings is 1. The number of fused-ring (bicyclic) bond motifs is 1. The van der Waals surface area contributed by atoms with E-state index in [4.69, 9.17) is 11.6 Å². The van der Waals surface area contributed by atoms with Crippen molar-refractivity contribution in [3.05, 3.63) is 46.9 Å². The molecular formula is C13H11ClN4S. The average molecular weight is 291 g/mol. The molecule has 0 amide bonds. The number of nitrogens with zero attached hydrogens (tertiary/aromatic N) is 4. The third-order valence-electron chi connectivity index (χ3n) is 2.75. The van der Waals surface area contributed by atoms with Crippen LogP contribution in [0.3, 0.4) is 0 Å². The van der Waals surface area contributed by atoms with Gasteiger partial charge in [0.05, 0.1) is 0 Å². The molecule has 0 unspecified atom stereocenters. The van der Waals surface area contributed by atoms with Gasteiger partial charge in [-0.15, -0.1) is 0 Å². The number of rotatable bonds is 2. The van der Waals surface area contributed by atoms with Gasteiger partial charge in [0.25, 0.3) is 5.78 Å². The maximum absolute atomic E-state index is 6.01. The first-order valence-electron chi connectivity index (χ1n) is 5.75. The molecule has 1 aromatic carbocycles. The number of hydrogen-bond donors (Lipinski definition) is 0. The lowest BCUT2D eigenvalue weighted by molar-refractivity contribution is 0.842. The number of halogens is 1. The monoisotopic (exact) mass is 290 g/mol. The fourth-order valence-electron chi connectivity index (χ4n) is 1.76. The second-order valence-corrected chi connectivity index (χ2v) is 5.71. The topological polar surface area (TPSA) is 43.1 Å². The van der Waals surface area contributed by atoms with Gasteiger partial charge >= 0.3 is 0 Å². The highest BCUT2D eigenvalue weighted by molar-refractivity contribution is 7.99. The molecule has 6 heteroatoms. The van der Waals surface area contributed by atoms with Crippen LogP contribution in [0.1, 0.15) is 11.1 Å². The molecule has 3 rings (SSSR count). The molecule has 19 heavy (non-hydrogen) atoms. The summed E-state index contributed by atoms with van der Waals surface area (Å²) in [5.74, 6) is 0.514. The normalized spacial score (nSPS) is 11.1. The van der Waals surface area contributed by atoms with E-state index >= 15 is 0 Å². The first kappa shape index (κ1) is 12.4. The van der Waals surface area contributed by atoms with Gasteiger partial charge in [-0.2, -0.15) is 19.6 Å². The maximum Gasteiger partial charge on any atom is 0.254 e. The van der Waals surface area contributed by atoms with Crippen molar-refractivity contribution in [2.75, 3.05) is 0 Å². The SMILES string of the molecule is Cc1ccc(C)c(Sc2cc(Cl)nc3ncnn23)c1. The van der Waals surface area contributed by atoms with E-state index in [9.17, 15) is 0 Å². The Kier molecular flexibility index (Phi) is 3.16. The molecule has 0 spiro atoms. The Balaban J connectivity index is 2.10. The molecule has 0 fully saturated rings. The number of aromatic nitrogens is 4. The summed E-state index contributed by atoms with van der Waals surface area (Å²) in [6.45, 7) is 4.16. The van der Waals surface area contributed by atoms with Crippen molar-refractivity contribution in [1.82, 2.24) is 19.6 Å². The summed E-state index contributed by atoms with van der Waals surface area (Å²) in [6.07, 6.45) is 1.48. The number of aryl methyl sites for hydroxylation is 2. The molecule has 0 aliphatic heterocycles. The smallest absolute Gasteiger partial charge is 0.199 e. The molecule has 2 aromatic heterocycles. The quantitative estimate of drug-likeness (QED) is 0.677. The van der Waals surface area contributed by atoms with Crippen LogP contribution in [-0.4, -0.2) is 19.6 Å². The molecule has 0 aliphatic rings. The predicted molar refractivity (Wildman–Crippen MR) is 75.8 cm³/mol. The Labute approximate surface area is 119 Å². The summed E-state index contributed by atoms with van der Waals surface area (Å²) in [4.78, 5) is 9.36. The van der Waals surface area contributed by atoms with Crippen LogP contribution in [0, 0.1) is 13.8 Å². The van der Waals surface area contributed by atoms with Crippen molar-refractivity contribution in [2.45, 2.75) is 23.8 Å². The number of hydrogen-bond acceptors (Lipinski definition) is 4. The molecule has 0 N–H and O–H groups in total. The molecule has 3 aromatic rings. The van der Waals surface area contributed by atoms with Crippen LogP contribution >= 0.6 is 23.4 Å². The van der Waals surface area contributed by atoms with Gasteiger partial charge in [-0.3, -0.25) is 0 Å². The second kappa shape index (κ2) is 4.83. The zero-order chi connectivity index (χ0) is 13.4. The largest absolute Gasteiger partial charge is 0.254 e. The van der Waals surface area contributed by atoms with Crippen LogP contribution in [-0.2, 0) is 0 Å². The molecular weight excluding hydrogens is 280 g/mol. The van der Waals surface area contributed by atoms with Crippen LogP contribution in [0.4, 0.5) is 0 Å². The van der Waals surface area contributed by atoms with Crippen molar-refractivity contribution in [3.8, 4) is 0 Å². The fourth-order valence-corrected chi connectivity index (χ4v) is 3.09. The molecule has 2 heterocycles. The summed E-state index contributed by atoms with van der Waals surface area (Å²) in [5, 5.41) is 5.50. The first-order valence-corrected chi connectivity index (χ1v) is 6.94. The van der Waals surface area contributed by atoms with Gasteiger partial charge in [0.1, 0.15) is 16.5 Å². The summed E-state index contributed by atoms with van der Waals surface area (Å²) >= 11 is 7.63. The van der Waals surface area contributed by atoms with Crippen molar-refractivity contribution >= 4 is 29.1 Å². The molecule has 0 radical (unpaired) electrons. The summed E-state index contributed by atoms with van der Waals surface area (Å²) in [6, 6.07) is 8.16. The Morgan fingerprint density at radius 1 is 1.21 bits per heavy atom. The van der Waals surface area contributed by atoms with Crippen LogP contribution in [0.5, 0.6) is 0 Å². The minimum absolute atomic E-state index is 0.424. The molecule has 0 aliphatic carbocycles. The van der Waals surface area contributed by atoms with Crippen LogP contribution in [0.2, 0.25) is 5.15 Å². The van der Waals surface area contributed by atoms with Crippen molar-refractivity contribution < 1.29 is 0 Å². The van der Waals surface area contributed by atoms with Gasteiger partial charge in [-0.05, 0) is 31.0 Å². The van der Waals surface area contributed by atoms with Gasteiger partial charge in [0, 0.05) is 11.0 Å². The van der Waals surface area contributed by atoms with Crippen LogP contribution < -0.4 is 0 Å². The second-order valence-electron chi connectivity index (χ2n) is 4.26. The fraction of sp³-hybridized carbons (Fsp3) is 0.154. The maximum atomic E-state index is 6.01. The molecule has 0 bridgehead atoms. The van der Waals surface area contributed by atoms with Crippen LogP contribution in [0.15, 0.2) is 40.5 Å². The Bertz CT molecular complexity index is 753. The highest BCUT2D eigenvalue weighted by Crippen LogP contribution is 2.31. The lowest BCUT2D eigenvalue weighted by atomic mass is 10.2. The van der Waals surface area contributed by atoms with E-state index < -0.39 is 0 Å². The van der Waals surface area contributed by atoms with Crippen molar-refractivity contribution in [3.63, 3.8) is 0 Å². The van der Waals surface area contributed by atoms with E-state index in [-0.39, 0.29) is 0 Å². The van der Waals surface area contributed by atoms with E-state index in [0.717, 1.165) is 5.03 Å². The lowest BCUT2D eigenvalue weighted by Crippen LogP contribution is -1.96. The van der Waals surface area contributed by atoms with E-state index in [1.165, 1.54) is 22.3 Å². The summed E-state index contributed by atoms with van der Waals surface area (Å²) in [7, 11) is 0. The standard InChI is InChI=1S/C13H11ClN4S/c1-8-3-4-9(2)10(5-8)19-12-6-11(14)17-13-15-7-16-18(12)13/h3-7H,1-2H3. The van der Waals surface area contributed by atoms with Gasteiger partial charge in [0.15, 0.2) is 0 Å². The third kappa shape index (κ3) is 2.43. The Morgan fingerprint density at radius 3 is 2.89 bits per heavy atom. The first-order chi connectivity index (χ1) is 9.13. The third-order valence-corrected chi connectivity index (χ3v) is 4.10. The van der Waals surface area contributed by atoms with Gasteiger partial charge in [-0.1, -0.05) is 35.5 Å². The van der Waals surface area contributed by atoms with Crippen LogP contribution in [0.25, 0.3) is 5.78 Å². The van der Waals surface area contributed by atoms with E-state index in [1.54, 1.807) is 22.3 Å². The molecule has 96 valence electrons. The molecule has 0 saturated carbocycles. The summed E-state index contributed by atoms with van der Waals surface area (Å²) < 4.78 is 1.69. The summed E-state index contributed by atoms with van der Waals surface area (Å²) in [5.41, 5.74) is 2.44. The molecule has 4 nitrogen and oxygen atoms in total.